The Morgan fingerprint density at radius 1 is 1.21 bits per heavy atom. The van der Waals surface area contributed by atoms with Gasteiger partial charge in [-0.1, -0.05) is 0 Å². The highest BCUT2D eigenvalue weighted by Crippen LogP contribution is 2.37. The molecule has 0 saturated heterocycles. The van der Waals surface area contributed by atoms with Crippen LogP contribution in [-0.2, 0) is 4.79 Å². The maximum atomic E-state index is 13.3. The first-order valence-electron chi connectivity index (χ1n) is 8.90. The molecule has 0 spiro atoms. The second-order valence-electron chi connectivity index (χ2n) is 6.55. The van der Waals surface area contributed by atoms with Crippen LogP contribution in [0.2, 0.25) is 0 Å². The van der Waals surface area contributed by atoms with Gasteiger partial charge in [0.15, 0.2) is 11.6 Å². The molecule has 28 heavy (non-hydrogen) atoms. The maximum Gasteiger partial charge on any atom is 0.248 e. The molecule has 1 N–H and O–H groups in total. The predicted octanol–water partition coefficient (Wildman–Crippen LogP) is 5.77. The number of carbonyl (C=O) groups excluding carboxylic acids is 1. The van der Waals surface area contributed by atoms with E-state index in [4.69, 9.17) is 9.15 Å². The number of furan rings is 1. The zero-order chi connectivity index (χ0) is 20.4. The third-order valence-electron chi connectivity index (χ3n) is 4.49. The number of aryl methyl sites for hydroxylation is 2. The molecular weight excluding hydrogens is 364 g/mol. The lowest BCUT2D eigenvalue weighted by Crippen LogP contribution is -2.09. The van der Waals surface area contributed by atoms with E-state index in [9.17, 15) is 13.6 Å². The summed E-state index contributed by atoms with van der Waals surface area (Å²) in [5.41, 5.74) is 4.22. The van der Waals surface area contributed by atoms with Gasteiger partial charge in [0.25, 0.3) is 0 Å². The Balaban J connectivity index is 1.97. The van der Waals surface area contributed by atoms with Crippen LogP contribution >= 0.6 is 0 Å². The standard InChI is InChI=1S/C22H21F2NO3/c1-5-27-21-14(4)22-17(13(3)11-28-22)10-16(21)12(2)8-20(26)25-15-6-7-18(23)19(24)9-15/h6-11H,5H2,1-4H3,(H,25,26)/b12-8+. The summed E-state index contributed by atoms with van der Waals surface area (Å²) in [6, 6.07) is 5.14. The van der Waals surface area contributed by atoms with E-state index in [0.717, 1.165) is 39.8 Å². The lowest BCUT2D eigenvalue weighted by molar-refractivity contribution is -0.111. The van der Waals surface area contributed by atoms with Crippen LogP contribution in [0.25, 0.3) is 16.5 Å². The van der Waals surface area contributed by atoms with Crippen molar-refractivity contribution >= 4 is 28.1 Å². The Kier molecular flexibility index (Phi) is 5.49. The average molecular weight is 385 g/mol. The Labute approximate surface area is 161 Å². The van der Waals surface area contributed by atoms with Crippen molar-refractivity contribution in [2.45, 2.75) is 27.7 Å². The molecule has 0 fully saturated rings. The van der Waals surface area contributed by atoms with Gasteiger partial charge in [0.05, 0.1) is 12.9 Å². The van der Waals surface area contributed by atoms with E-state index in [2.05, 4.69) is 5.32 Å². The van der Waals surface area contributed by atoms with Crippen LogP contribution in [0, 0.1) is 25.5 Å². The fourth-order valence-corrected chi connectivity index (χ4v) is 3.09. The number of fused-ring (bicyclic) bond motifs is 1. The molecule has 4 nitrogen and oxygen atoms in total. The molecule has 3 rings (SSSR count). The SMILES string of the molecule is CCOc1c(/C(C)=C/C(=O)Nc2ccc(F)c(F)c2)cc2c(C)coc2c1C. The predicted molar refractivity (Wildman–Crippen MR) is 105 cm³/mol. The number of carbonyl (C=O) groups is 1. The number of hydrogen-bond donors (Lipinski definition) is 1. The summed E-state index contributed by atoms with van der Waals surface area (Å²) < 4.78 is 37.8. The highest BCUT2D eigenvalue weighted by molar-refractivity contribution is 6.05. The molecule has 1 heterocycles. The smallest absolute Gasteiger partial charge is 0.248 e. The Hall–Kier alpha value is -3.15. The van der Waals surface area contributed by atoms with E-state index in [0.29, 0.717) is 17.9 Å². The van der Waals surface area contributed by atoms with Crippen LogP contribution in [0.15, 0.2) is 41.0 Å². The van der Waals surface area contributed by atoms with Gasteiger partial charge in [-0.25, -0.2) is 8.78 Å². The molecule has 146 valence electrons. The van der Waals surface area contributed by atoms with Gasteiger partial charge in [-0.3, -0.25) is 4.79 Å². The van der Waals surface area contributed by atoms with Gasteiger partial charge >= 0.3 is 0 Å². The number of halogens is 2. The van der Waals surface area contributed by atoms with E-state index in [-0.39, 0.29) is 5.69 Å². The van der Waals surface area contributed by atoms with Gasteiger partial charge in [-0.05, 0) is 57.0 Å². The Morgan fingerprint density at radius 3 is 2.64 bits per heavy atom. The molecule has 6 heteroatoms. The second kappa shape index (κ2) is 7.84. The molecule has 1 aromatic heterocycles. The van der Waals surface area contributed by atoms with Crippen molar-refractivity contribution in [1.82, 2.24) is 0 Å². The minimum Gasteiger partial charge on any atom is -0.493 e. The van der Waals surface area contributed by atoms with E-state index in [1.165, 1.54) is 12.1 Å². The molecular formula is C22H21F2NO3. The zero-order valence-corrected chi connectivity index (χ0v) is 16.2. The summed E-state index contributed by atoms with van der Waals surface area (Å²) in [7, 11) is 0. The van der Waals surface area contributed by atoms with Crippen molar-refractivity contribution in [2.24, 2.45) is 0 Å². The lowest BCUT2D eigenvalue weighted by atomic mass is 9.98. The number of allylic oxidation sites excluding steroid dienone is 1. The van der Waals surface area contributed by atoms with Crippen LogP contribution in [0.5, 0.6) is 5.75 Å². The minimum absolute atomic E-state index is 0.176. The second-order valence-corrected chi connectivity index (χ2v) is 6.55. The maximum absolute atomic E-state index is 13.3. The van der Waals surface area contributed by atoms with Crippen molar-refractivity contribution in [1.29, 1.82) is 0 Å². The van der Waals surface area contributed by atoms with Crippen LogP contribution < -0.4 is 10.1 Å². The van der Waals surface area contributed by atoms with E-state index in [1.54, 1.807) is 13.2 Å². The van der Waals surface area contributed by atoms with E-state index < -0.39 is 17.5 Å². The summed E-state index contributed by atoms with van der Waals surface area (Å²) in [6.45, 7) is 8.00. The van der Waals surface area contributed by atoms with Gasteiger partial charge in [0, 0.05) is 34.3 Å². The molecule has 3 aromatic rings. The number of hydrogen-bond acceptors (Lipinski definition) is 3. The van der Waals surface area contributed by atoms with Crippen LogP contribution in [0.3, 0.4) is 0 Å². The van der Waals surface area contributed by atoms with Gasteiger partial charge in [-0.2, -0.15) is 0 Å². The molecule has 0 atom stereocenters. The van der Waals surface area contributed by atoms with Gasteiger partial charge < -0.3 is 14.5 Å². The molecule has 0 aliphatic rings. The third-order valence-corrected chi connectivity index (χ3v) is 4.49. The number of nitrogens with one attached hydrogen (secondary N) is 1. The Bertz CT molecular complexity index is 1080. The number of anilines is 1. The summed E-state index contributed by atoms with van der Waals surface area (Å²) in [6.07, 6.45) is 3.09. The molecule has 1 amide bonds. The monoisotopic (exact) mass is 385 g/mol. The fraction of sp³-hybridized carbons (Fsp3) is 0.227. The van der Waals surface area contributed by atoms with Crippen LogP contribution in [0.1, 0.15) is 30.5 Å². The van der Waals surface area contributed by atoms with Crippen molar-refractivity contribution in [2.75, 3.05) is 11.9 Å². The number of ether oxygens (including phenoxy) is 1. The Morgan fingerprint density at radius 2 is 1.96 bits per heavy atom. The topological polar surface area (TPSA) is 51.5 Å². The first kappa shape index (κ1) is 19.6. The summed E-state index contributed by atoms with van der Waals surface area (Å²) in [5.74, 6) is -1.79. The summed E-state index contributed by atoms with van der Waals surface area (Å²) >= 11 is 0. The molecule has 0 unspecified atom stereocenters. The molecule has 0 aliphatic carbocycles. The highest BCUT2D eigenvalue weighted by atomic mass is 19.2. The van der Waals surface area contributed by atoms with Gasteiger partial charge in [0.1, 0.15) is 11.3 Å². The molecule has 0 saturated carbocycles. The van der Waals surface area contributed by atoms with Crippen LogP contribution in [-0.4, -0.2) is 12.5 Å². The summed E-state index contributed by atoms with van der Waals surface area (Å²) in [5, 5.41) is 3.49. The third kappa shape index (κ3) is 3.76. The largest absolute Gasteiger partial charge is 0.493 e. The summed E-state index contributed by atoms with van der Waals surface area (Å²) in [4.78, 5) is 12.4. The van der Waals surface area contributed by atoms with Gasteiger partial charge in [0.2, 0.25) is 5.91 Å². The fourth-order valence-electron chi connectivity index (χ4n) is 3.09. The lowest BCUT2D eigenvalue weighted by Gasteiger charge is -2.14. The number of rotatable bonds is 5. The average Bonchev–Trinajstić information content (AvgIpc) is 3.01. The van der Waals surface area contributed by atoms with E-state index >= 15 is 0 Å². The van der Waals surface area contributed by atoms with Crippen molar-refractivity contribution in [3.8, 4) is 5.75 Å². The zero-order valence-electron chi connectivity index (χ0n) is 16.2. The molecule has 0 bridgehead atoms. The molecule has 2 aromatic carbocycles. The molecule has 0 aliphatic heterocycles. The van der Waals surface area contributed by atoms with Crippen molar-refractivity contribution in [3.05, 3.63) is 64.9 Å². The quantitative estimate of drug-likeness (QED) is 0.568. The van der Waals surface area contributed by atoms with Crippen LogP contribution in [0.4, 0.5) is 14.5 Å². The molecule has 0 radical (unpaired) electrons. The first-order valence-corrected chi connectivity index (χ1v) is 8.90. The number of benzene rings is 2. The van der Waals surface area contributed by atoms with E-state index in [1.807, 2.05) is 26.8 Å². The minimum atomic E-state index is -1.02. The van der Waals surface area contributed by atoms with Crippen molar-refractivity contribution < 1.29 is 22.7 Å². The first-order chi connectivity index (χ1) is 13.3. The normalized spacial score (nSPS) is 11.7. The van der Waals surface area contributed by atoms with Crippen molar-refractivity contribution in [3.63, 3.8) is 0 Å². The highest BCUT2D eigenvalue weighted by Gasteiger charge is 2.17. The van der Waals surface area contributed by atoms with Gasteiger partial charge in [-0.15, -0.1) is 0 Å². The number of amides is 1.